The minimum atomic E-state index is -3.33. The van der Waals surface area contributed by atoms with Gasteiger partial charge < -0.3 is 4.74 Å². The van der Waals surface area contributed by atoms with Crippen LogP contribution >= 0.6 is 0 Å². The van der Waals surface area contributed by atoms with E-state index in [1.54, 1.807) is 12.3 Å². The number of carbonyl (C=O) groups excluding carboxylic acids is 1. The van der Waals surface area contributed by atoms with E-state index >= 15 is 0 Å². The summed E-state index contributed by atoms with van der Waals surface area (Å²) in [4.78, 5) is 28.6. The number of hydrogen-bond acceptors (Lipinski definition) is 6. The quantitative estimate of drug-likeness (QED) is 0.648. The van der Waals surface area contributed by atoms with Crippen LogP contribution in [0.2, 0.25) is 0 Å². The number of nitrogens with zero attached hydrogens (tertiary/aromatic N) is 2. The lowest BCUT2D eigenvalue weighted by molar-refractivity contribution is 0.0467. The van der Waals surface area contributed by atoms with Gasteiger partial charge in [-0.25, -0.2) is 18.2 Å². The molecule has 0 aliphatic carbocycles. The van der Waals surface area contributed by atoms with Crippen molar-refractivity contribution in [2.45, 2.75) is 18.4 Å². The maximum absolute atomic E-state index is 12.1. The van der Waals surface area contributed by atoms with Gasteiger partial charge in [-0.05, 0) is 42.8 Å². The first kappa shape index (κ1) is 17.8. The third-order valence-electron chi connectivity index (χ3n) is 3.73. The summed E-state index contributed by atoms with van der Waals surface area (Å²) in [5, 5.41) is 0. The van der Waals surface area contributed by atoms with Gasteiger partial charge in [-0.3, -0.25) is 9.20 Å². The lowest BCUT2D eigenvalue weighted by Crippen LogP contribution is -2.17. The zero-order valence-electron chi connectivity index (χ0n) is 14.2. The standard InChI is InChI=1S/C18H16N2O5S/c1-12-3-8-16-19-14(9-17(21)20(16)10-12)11-25-18(22)13-4-6-15(7-5-13)26(2,23)24/h3-10H,11H2,1-2H3. The molecule has 0 aliphatic heterocycles. The van der Waals surface area contributed by atoms with Crippen molar-refractivity contribution in [3.05, 3.63) is 75.8 Å². The molecule has 3 aromatic rings. The molecule has 2 heterocycles. The number of aryl methyl sites for hydroxylation is 1. The van der Waals surface area contributed by atoms with Gasteiger partial charge in [0.1, 0.15) is 12.3 Å². The molecule has 0 fully saturated rings. The molecule has 8 heteroatoms. The van der Waals surface area contributed by atoms with E-state index in [0.29, 0.717) is 11.3 Å². The summed E-state index contributed by atoms with van der Waals surface area (Å²) in [5.74, 6) is -0.629. The number of benzene rings is 1. The second-order valence-corrected chi connectivity index (χ2v) is 7.91. The monoisotopic (exact) mass is 372 g/mol. The van der Waals surface area contributed by atoms with Crippen LogP contribution in [0.4, 0.5) is 0 Å². The SMILES string of the molecule is Cc1ccc2nc(COC(=O)c3ccc(S(C)(=O)=O)cc3)cc(=O)n2c1. The number of esters is 1. The average molecular weight is 372 g/mol. The lowest BCUT2D eigenvalue weighted by atomic mass is 10.2. The molecular weight excluding hydrogens is 356 g/mol. The van der Waals surface area contributed by atoms with Gasteiger partial charge in [-0.15, -0.1) is 0 Å². The Labute approximate surface area is 149 Å². The van der Waals surface area contributed by atoms with Crippen molar-refractivity contribution in [2.24, 2.45) is 0 Å². The van der Waals surface area contributed by atoms with Crippen LogP contribution in [0.1, 0.15) is 21.6 Å². The van der Waals surface area contributed by atoms with Gasteiger partial charge in [0.25, 0.3) is 5.56 Å². The molecule has 0 aliphatic rings. The van der Waals surface area contributed by atoms with Crippen LogP contribution in [-0.4, -0.2) is 30.0 Å². The van der Waals surface area contributed by atoms with Gasteiger partial charge in [-0.2, -0.15) is 0 Å². The minimum absolute atomic E-state index is 0.119. The summed E-state index contributed by atoms with van der Waals surface area (Å²) in [6.07, 6.45) is 2.77. The van der Waals surface area contributed by atoms with Crippen LogP contribution < -0.4 is 5.56 Å². The highest BCUT2D eigenvalue weighted by Crippen LogP contribution is 2.12. The Hall–Kier alpha value is -3.00. The van der Waals surface area contributed by atoms with Gasteiger partial charge in [0.2, 0.25) is 0 Å². The molecule has 26 heavy (non-hydrogen) atoms. The summed E-state index contributed by atoms with van der Waals surface area (Å²) in [6, 6.07) is 10.3. The van der Waals surface area contributed by atoms with E-state index in [0.717, 1.165) is 11.8 Å². The predicted molar refractivity (Wildman–Crippen MR) is 94.9 cm³/mol. The van der Waals surface area contributed by atoms with Crippen molar-refractivity contribution in [1.29, 1.82) is 0 Å². The fraction of sp³-hybridized carbons (Fsp3) is 0.167. The van der Waals surface area contributed by atoms with E-state index in [1.165, 1.54) is 34.7 Å². The van der Waals surface area contributed by atoms with E-state index in [4.69, 9.17) is 4.74 Å². The Morgan fingerprint density at radius 1 is 1.15 bits per heavy atom. The van der Waals surface area contributed by atoms with Gasteiger partial charge >= 0.3 is 5.97 Å². The van der Waals surface area contributed by atoms with Gasteiger partial charge in [0, 0.05) is 18.5 Å². The smallest absolute Gasteiger partial charge is 0.338 e. The highest BCUT2D eigenvalue weighted by atomic mass is 32.2. The first-order valence-electron chi connectivity index (χ1n) is 7.70. The Kier molecular flexibility index (Phi) is 4.60. The molecule has 134 valence electrons. The fourth-order valence-corrected chi connectivity index (χ4v) is 3.02. The van der Waals surface area contributed by atoms with E-state index in [1.807, 2.05) is 13.0 Å². The van der Waals surface area contributed by atoms with Crippen LogP contribution in [0, 0.1) is 6.92 Å². The van der Waals surface area contributed by atoms with E-state index in [9.17, 15) is 18.0 Å². The summed E-state index contributed by atoms with van der Waals surface area (Å²) in [6.45, 7) is 1.71. The van der Waals surface area contributed by atoms with Crippen molar-refractivity contribution in [2.75, 3.05) is 6.26 Å². The third kappa shape index (κ3) is 3.80. The Balaban J connectivity index is 1.76. The number of carbonyl (C=O) groups is 1. The van der Waals surface area contributed by atoms with Crippen LogP contribution in [0.15, 0.2) is 58.4 Å². The van der Waals surface area contributed by atoms with E-state index < -0.39 is 15.8 Å². The number of pyridine rings is 1. The largest absolute Gasteiger partial charge is 0.456 e. The molecule has 1 aromatic carbocycles. The third-order valence-corrected chi connectivity index (χ3v) is 4.86. The summed E-state index contributed by atoms with van der Waals surface area (Å²) in [5.41, 5.74) is 1.68. The van der Waals surface area contributed by atoms with Crippen molar-refractivity contribution in [3.8, 4) is 0 Å². The Morgan fingerprint density at radius 2 is 1.85 bits per heavy atom. The molecule has 3 rings (SSSR count). The van der Waals surface area contributed by atoms with Crippen molar-refractivity contribution < 1.29 is 17.9 Å². The number of hydrogen-bond donors (Lipinski definition) is 0. The second-order valence-electron chi connectivity index (χ2n) is 5.89. The lowest BCUT2D eigenvalue weighted by Gasteiger charge is -2.07. The zero-order valence-corrected chi connectivity index (χ0v) is 15.0. The molecular formula is C18H16N2O5S. The van der Waals surface area contributed by atoms with Crippen molar-refractivity contribution in [3.63, 3.8) is 0 Å². The first-order valence-corrected chi connectivity index (χ1v) is 9.59. The molecule has 0 amide bonds. The second kappa shape index (κ2) is 6.72. The topological polar surface area (TPSA) is 94.8 Å². The molecule has 0 N–H and O–H groups in total. The average Bonchev–Trinajstić information content (AvgIpc) is 2.59. The highest BCUT2D eigenvalue weighted by molar-refractivity contribution is 7.90. The summed E-state index contributed by atoms with van der Waals surface area (Å²) >= 11 is 0. The van der Waals surface area contributed by atoms with E-state index in [2.05, 4.69) is 4.98 Å². The van der Waals surface area contributed by atoms with Crippen LogP contribution in [0.3, 0.4) is 0 Å². The first-order chi connectivity index (χ1) is 12.2. The molecule has 0 atom stereocenters. The van der Waals surface area contributed by atoms with Crippen molar-refractivity contribution >= 4 is 21.5 Å². The van der Waals surface area contributed by atoms with Gasteiger partial charge in [-0.1, -0.05) is 6.07 Å². The normalized spacial score (nSPS) is 11.5. The maximum atomic E-state index is 12.1. The molecule has 0 radical (unpaired) electrons. The number of ether oxygens (including phenoxy) is 1. The predicted octanol–water partition coefficient (Wildman–Crippen LogP) is 1.76. The summed E-state index contributed by atoms with van der Waals surface area (Å²) in [7, 11) is -3.33. The zero-order chi connectivity index (χ0) is 18.9. The minimum Gasteiger partial charge on any atom is -0.456 e. The number of fused-ring (bicyclic) bond motifs is 1. The van der Waals surface area contributed by atoms with Crippen LogP contribution in [-0.2, 0) is 21.2 Å². The highest BCUT2D eigenvalue weighted by Gasteiger charge is 2.12. The molecule has 0 unspecified atom stereocenters. The molecule has 0 saturated carbocycles. The van der Waals surface area contributed by atoms with E-state index in [-0.39, 0.29) is 22.6 Å². The van der Waals surface area contributed by atoms with Gasteiger partial charge in [0.05, 0.1) is 16.2 Å². The molecule has 0 spiro atoms. The maximum Gasteiger partial charge on any atom is 0.338 e. The number of rotatable bonds is 4. The Morgan fingerprint density at radius 3 is 2.50 bits per heavy atom. The van der Waals surface area contributed by atoms with Crippen LogP contribution in [0.5, 0.6) is 0 Å². The number of aromatic nitrogens is 2. The summed E-state index contributed by atoms with van der Waals surface area (Å²) < 4.78 is 29.4. The fourth-order valence-electron chi connectivity index (χ4n) is 2.39. The molecule has 7 nitrogen and oxygen atoms in total. The van der Waals surface area contributed by atoms with Gasteiger partial charge in [0.15, 0.2) is 9.84 Å². The Bertz CT molecular complexity index is 1150. The van der Waals surface area contributed by atoms with Crippen LogP contribution in [0.25, 0.3) is 5.65 Å². The molecule has 2 aromatic heterocycles. The number of sulfone groups is 1. The molecule has 0 bridgehead atoms. The van der Waals surface area contributed by atoms with Crippen molar-refractivity contribution in [1.82, 2.24) is 9.38 Å². The molecule has 0 saturated heterocycles.